The summed E-state index contributed by atoms with van der Waals surface area (Å²) in [7, 11) is 0. The molecule has 0 fully saturated rings. The second-order valence-electron chi connectivity index (χ2n) is 20.8. The number of hydrogen-bond donors (Lipinski definition) is 0. The molecule has 2 aliphatic carbocycles. The van der Waals surface area contributed by atoms with Crippen molar-refractivity contribution in [2.24, 2.45) is 0 Å². The maximum Gasteiger partial charge on any atom is 0.0547 e. The summed E-state index contributed by atoms with van der Waals surface area (Å²) >= 11 is 0. The van der Waals surface area contributed by atoms with Crippen LogP contribution in [0.2, 0.25) is 0 Å². The molecule has 0 unspecified atom stereocenters. The quantitative estimate of drug-likeness (QED) is 0.129. The van der Waals surface area contributed by atoms with Crippen LogP contribution in [0.1, 0.15) is 76.3 Å². The van der Waals surface area contributed by atoms with E-state index in [0.29, 0.717) is 0 Å². The molecule has 0 bridgehead atoms. The van der Waals surface area contributed by atoms with Crippen molar-refractivity contribution >= 4 is 65.8 Å². The van der Waals surface area contributed by atoms with Crippen LogP contribution in [0, 0.1) is 0 Å². The lowest BCUT2D eigenvalue weighted by Gasteiger charge is -2.37. The van der Waals surface area contributed by atoms with Crippen molar-refractivity contribution in [3.63, 3.8) is 0 Å². The van der Waals surface area contributed by atoms with E-state index in [9.17, 15) is 0 Å². The fourth-order valence-corrected chi connectivity index (χ4v) is 12.5. The number of fused-ring (bicyclic) bond motifs is 9. The molecule has 0 radical (unpaired) electrons. The van der Waals surface area contributed by atoms with Crippen LogP contribution in [0.4, 0.5) is 22.7 Å². The first-order valence-corrected chi connectivity index (χ1v) is 23.2. The van der Waals surface area contributed by atoms with Gasteiger partial charge in [-0.2, -0.15) is 0 Å². The lowest BCUT2D eigenvalue weighted by molar-refractivity contribution is 0.518. The van der Waals surface area contributed by atoms with Gasteiger partial charge in [-0.1, -0.05) is 161 Å². The summed E-state index contributed by atoms with van der Waals surface area (Å²) in [5, 5.41) is 10.4. The second-order valence-corrected chi connectivity index (χ2v) is 20.8. The summed E-state index contributed by atoms with van der Waals surface area (Å²) in [4.78, 5) is 5.33. The van der Waals surface area contributed by atoms with Gasteiger partial charge in [0, 0.05) is 50.8 Å². The van der Waals surface area contributed by atoms with Crippen LogP contribution in [-0.4, -0.2) is 12.1 Å². The summed E-state index contributed by atoms with van der Waals surface area (Å²) in [5.41, 5.74) is 19.4. The van der Waals surface area contributed by atoms with Crippen molar-refractivity contribution < 1.29 is 0 Å². The molecule has 3 aliphatic rings. The highest BCUT2D eigenvalue weighted by atomic mass is 15.2. The molecule has 10 aromatic carbocycles. The predicted molar refractivity (Wildman–Crippen MR) is 274 cm³/mol. The first-order valence-electron chi connectivity index (χ1n) is 23.2. The molecule has 13 rings (SSSR count). The smallest absolute Gasteiger partial charge is 0.0547 e. The third-order valence-electron chi connectivity index (χ3n) is 15.6. The summed E-state index contributed by atoms with van der Waals surface area (Å²) in [6.45, 7) is 17.8. The highest BCUT2D eigenvalue weighted by Gasteiger charge is 2.40. The van der Waals surface area contributed by atoms with E-state index in [1.54, 1.807) is 0 Å². The Kier molecular flexibility index (Phi) is 7.56. The molecule has 0 aromatic heterocycles. The van der Waals surface area contributed by atoms with Crippen molar-refractivity contribution in [2.45, 2.75) is 71.3 Å². The zero-order valence-corrected chi connectivity index (χ0v) is 37.9. The number of anilines is 4. The molecular weight excluding hydrogens is 773 g/mol. The van der Waals surface area contributed by atoms with Gasteiger partial charge in [0.15, 0.2) is 0 Å². The largest absolute Gasteiger partial charge is 0.366 e. The molecule has 310 valence electrons. The van der Waals surface area contributed by atoms with Crippen molar-refractivity contribution in [2.75, 3.05) is 16.3 Å². The first-order chi connectivity index (χ1) is 30.9. The van der Waals surface area contributed by atoms with Gasteiger partial charge in [0.05, 0.1) is 11.4 Å². The maximum absolute atomic E-state index is 2.67. The van der Waals surface area contributed by atoms with E-state index < -0.39 is 0 Å². The number of nitrogens with zero attached hydrogens (tertiary/aromatic N) is 2. The Bertz CT molecular complexity index is 3610. The average molecular weight is 825 g/mol. The van der Waals surface area contributed by atoms with Crippen molar-refractivity contribution in [3.05, 3.63) is 192 Å². The maximum atomic E-state index is 2.67. The van der Waals surface area contributed by atoms with Gasteiger partial charge in [0.25, 0.3) is 0 Å². The highest BCUT2D eigenvalue weighted by molar-refractivity contribution is 6.35. The van der Waals surface area contributed by atoms with E-state index in [1.807, 2.05) is 0 Å². The van der Waals surface area contributed by atoms with Gasteiger partial charge < -0.3 is 9.80 Å². The van der Waals surface area contributed by atoms with Crippen LogP contribution >= 0.6 is 0 Å². The standard InChI is InChI=1S/C62H52N2/c1-60(2,3)63-33-32-39-19-15-24-46(59(39)63)49-35-48-42-21-9-11-27-51(42)62(6,7)53(48)36-55(49)64(40-29-30-43-41-20-8-10-26-50(41)61(4,5)52(43)34-40)54-31-28-38-18-13-23-45-44-22-12-16-37-17-14-25-47(56(37)44)58(54)57(38)45/h8-31,34-36H,32-33H2,1-7H3. The van der Waals surface area contributed by atoms with Gasteiger partial charge in [-0.05, 0) is 145 Å². The molecule has 1 heterocycles. The van der Waals surface area contributed by atoms with Gasteiger partial charge in [-0.25, -0.2) is 0 Å². The predicted octanol–water partition coefficient (Wildman–Crippen LogP) is 16.6. The molecule has 1 aliphatic heterocycles. The van der Waals surface area contributed by atoms with Crippen molar-refractivity contribution in [1.82, 2.24) is 0 Å². The monoisotopic (exact) mass is 824 g/mol. The topological polar surface area (TPSA) is 6.48 Å². The molecule has 2 nitrogen and oxygen atoms in total. The van der Waals surface area contributed by atoms with Crippen LogP contribution in [0.5, 0.6) is 0 Å². The summed E-state index contributed by atoms with van der Waals surface area (Å²) in [6.07, 6.45) is 1.04. The molecule has 0 saturated heterocycles. The molecule has 0 atom stereocenters. The third kappa shape index (κ3) is 4.97. The SMILES string of the molecule is CC1(C)c2ccccc2-c2ccc(N(c3cc4c(cc3-c3cccc5c3N(C(C)(C)C)CC5)-c3ccccc3C4(C)C)c3ccc4cccc5c6cccc7cccc(c3c45)c76)cc21. The zero-order chi connectivity index (χ0) is 43.4. The van der Waals surface area contributed by atoms with E-state index in [1.165, 1.54) is 127 Å². The lowest BCUT2D eigenvalue weighted by atomic mass is 9.81. The summed E-state index contributed by atoms with van der Waals surface area (Å²) < 4.78 is 0. The third-order valence-corrected chi connectivity index (χ3v) is 15.6. The minimum atomic E-state index is -0.197. The highest BCUT2D eigenvalue weighted by Crippen LogP contribution is 2.58. The van der Waals surface area contributed by atoms with E-state index in [4.69, 9.17) is 0 Å². The molecule has 0 spiro atoms. The van der Waals surface area contributed by atoms with E-state index >= 15 is 0 Å². The van der Waals surface area contributed by atoms with Crippen molar-refractivity contribution in [1.29, 1.82) is 0 Å². The molecule has 64 heavy (non-hydrogen) atoms. The van der Waals surface area contributed by atoms with E-state index in [-0.39, 0.29) is 16.4 Å². The molecule has 0 amide bonds. The zero-order valence-electron chi connectivity index (χ0n) is 37.9. The minimum Gasteiger partial charge on any atom is -0.366 e. The number of hydrogen-bond acceptors (Lipinski definition) is 2. The Morgan fingerprint density at radius 3 is 1.72 bits per heavy atom. The molecule has 0 N–H and O–H groups in total. The van der Waals surface area contributed by atoms with Crippen LogP contribution < -0.4 is 9.80 Å². The minimum absolute atomic E-state index is 0.0436. The normalized spacial score (nSPS) is 15.5. The fraction of sp³-hybridized carbons (Fsp3) is 0.194. The van der Waals surface area contributed by atoms with Crippen LogP contribution in [-0.2, 0) is 17.3 Å². The molecule has 0 saturated carbocycles. The summed E-state index contributed by atoms with van der Waals surface area (Å²) in [6, 6.07) is 63.1. The van der Waals surface area contributed by atoms with Gasteiger partial charge in [0.2, 0.25) is 0 Å². The Labute approximate surface area is 376 Å². The van der Waals surface area contributed by atoms with Crippen molar-refractivity contribution in [3.8, 4) is 33.4 Å². The van der Waals surface area contributed by atoms with E-state index in [2.05, 4.69) is 222 Å². The Hall–Kier alpha value is -6.90. The second kappa shape index (κ2) is 12.9. The Morgan fingerprint density at radius 1 is 0.438 bits per heavy atom. The van der Waals surface area contributed by atoms with Gasteiger partial charge in [-0.3, -0.25) is 0 Å². The molecular formula is C62H52N2. The number of para-hydroxylation sites is 1. The fourth-order valence-electron chi connectivity index (χ4n) is 12.5. The molecule has 2 heteroatoms. The molecule has 10 aromatic rings. The summed E-state index contributed by atoms with van der Waals surface area (Å²) in [5.74, 6) is 0. The lowest BCUT2D eigenvalue weighted by Crippen LogP contribution is -2.40. The Morgan fingerprint density at radius 2 is 1.02 bits per heavy atom. The van der Waals surface area contributed by atoms with Gasteiger partial charge in [0.1, 0.15) is 0 Å². The Balaban J connectivity index is 1.20. The average Bonchev–Trinajstić information content (AvgIpc) is 3.92. The van der Waals surface area contributed by atoms with Crippen LogP contribution in [0.3, 0.4) is 0 Å². The van der Waals surface area contributed by atoms with Gasteiger partial charge >= 0.3 is 0 Å². The number of rotatable bonds is 4. The van der Waals surface area contributed by atoms with Crippen LogP contribution in [0.15, 0.2) is 164 Å². The van der Waals surface area contributed by atoms with Crippen LogP contribution in [0.25, 0.3) is 76.5 Å². The van der Waals surface area contributed by atoms with E-state index in [0.717, 1.165) is 13.0 Å². The number of benzene rings is 10. The first kappa shape index (κ1) is 37.6. The van der Waals surface area contributed by atoms with Gasteiger partial charge in [-0.15, -0.1) is 0 Å².